The van der Waals surface area contributed by atoms with Crippen molar-refractivity contribution in [3.63, 3.8) is 0 Å². The van der Waals surface area contributed by atoms with E-state index in [1.54, 1.807) is 19.3 Å². The average molecular weight is 386 g/mol. The maximum atomic E-state index is 12.6. The van der Waals surface area contributed by atoms with Crippen LogP contribution in [0.25, 0.3) is 0 Å². The largest absolute Gasteiger partial charge is 0.467 e. The van der Waals surface area contributed by atoms with Crippen molar-refractivity contribution >= 4 is 11.9 Å². The smallest absolute Gasteiger partial charge is 0.340 e. The zero-order valence-corrected chi connectivity index (χ0v) is 17.0. The van der Waals surface area contributed by atoms with Crippen LogP contribution in [0.3, 0.4) is 0 Å². The summed E-state index contributed by atoms with van der Waals surface area (Å²) in [5.74, 6) is 0.653. The normalized spacial score (nSPS) is 16.0. The molecule has 6 heteroatoms. The summed E-state index contributed by atoms with van der Waals surface area (Å²) in [5.41, 5.74) is 2.22. The first kappa shape index (κ1) is 20.2. The second kappa shape index (κ2) is 9.13. The third kappa shape index (κ3) is 4.86. The highest BCUT2D eigenvalue weighted by Gasteiger charge is 2.23. The molecule has 0 spiro atoms. The van der Waals surface area contributed by atoms with E-state index in [0.717, 1.165) is 30.0 Å². The van der Waals surface area contributed by atoms with Gasteiger partial charge in [0.2, 0.25) is 0 Å². The molecule has 1 atom stereocenters. The number of aromatic nitrogens is 1. The number of nitrogens with zero attached hydrogens (tertiary/aromatic N) is 1. The molecule has 0 saturated heterocycles. The van der Waals surface area contributed by atoms with Crippen molar-refractivity contribution in [3.8, 4) is 0 Å². The van der Waals surface area contributed by atoms with Gasteiger partial charge in [-0.25, -0.2) is 4.79 Å². The van der Waals surface area contributed by atoms with Crippen LogP contribution in [0, 0.1) is 19.8 Å². The first-order valence-corrected chi connectivity index (χ1v) is 10.1. The van der Waals surface area contributed by atoms with Crippen LogP contribution in [-0.2, 0) is 16.1 Å². The van der Waals surface area contributed by atoms with E-state index >= 15 is 0 Å². The number of aryl methyl sites for hydroxylation is 1. The molecule has 1 fully saturated rings. The molecular weight excluding hydrogens is 356 g/mol. The molecule has 3 rings (SSSR count). The molecule has 0 aliphatic heterocycles. The van der Waals surface area contributed by atoms with Gasteiger partial charge in [-0.15, -0.1) is 0 Å². The predicted molar refractivity (Wildman–Crippen MR) is 106 cm³/mol. The molecule has 1 amide bonds. The molecule has 1 saturated carbocycles. The summed E-state index contributed by atoms with van der Waals surface area (Å²) in [6, 6.07) is 5.54. The number of amides is 1. The number of furan rings is 1. The SMILES string of the molecule is Cc1cc(C(=O)O[C@H](C)C(=O)NCC2CCCCC2)c(C)n1Cc1ccco1. The number of rotatable bonds is 7. The summed E-state index contributed by atoms with van der Waals surface area (Å²) in [5, 5.41) is 2.94. The minimum Gasteiger partial charge on any atom is -0.467 e. The lowest BCUT2D eigenvalue weighted by Gasteiger charge is -2.22. The Balaban J connectivity index is 1.56. The second-order valence-electron chi connectivity index (χ2n) is 7.75. The van der Waals surface area contributed by atoms with Gasteiger partial charge in [-0.3, -0.25) is 4.79 Å². The summed E-state index contributed by atoms with van der Waals surface area (Å²) in [6.45, 7) is 6.65. The van der Waals surface area contributed by atoms with Crippen molar-refractivity contribution in [1.82, 2.24) is 9.88 Å². The Bertz CT molecular complexity index is 801. The van der Waals surface area contributed by atoms with E-state index in [-0.39, 0.29) is 5.91 Å². The lowest BCUT2D eigenvalue weighted by Crippen LogP contribution is -2.38. The summed E-state index contributed by atoms with van der Waals surface area (Å²) >= 11 is 0. The average Bonchev–Trinajstić information content (AvgIpc) is 3.30. The van der Waals surface area contributed by atoms with E-state index < -0.39 is 12.1 Å². The Morgan fingerprint density at radius 2 is 2.04 bits per heavy atom. The minimum absolute atomic E-state index is 0.233. The zero-order chi connectivity index (χ0) is 20.1. The Labute approximate surface area is 166 Å². The van der Waals surface area contributed by atoms with Gasteiger partial charge in [-0.2, -0.15) is 0 Å². The fourth-order valence-corrected chi connectivity index (χ4v) is 3.87. The van der Waals surface area contributed by atoms with Crippen LogP contribution in [0.15, 0.2) is 28.9 Å². The Hall–Kier alpha value is -2.50. The van der Waals surface area contributed by atoms with E-state index in [1.807, 2.05) is 30.5 Å². The van der Waals surface area contributed by atoms with Crippen molar-refractivity contribution in [2.75, 3.05) is 6.54 Å². The first-order valence-electron chi connectivity index (χ1n) is 10.1. The number of nitrogens with one attached hydrogen (secondary N) is 1. The van der Waals surface area contributed by atoms with Crippen LogP contribution >= 0.6 is 0 Å². The van der Waals surface area contributed by atoms with Gasteiger partial charge < -0.3 is 19.0 Å². The molecule has 2 aromatic heterocycles. The number of hydrogen-bond acceptors (Lipinski definition) is 4. The molecule has 2 aromatic rings. The number of ether oxygens (including phenoxy) is 1. The third-order valence-corrected chi connectivity index (χ3v) is 5.63. The highest BCUT2D eigenvalue weighted by molar-refractivity contribution is 5.93. The van der Waals surface area contributed by atoms with Gasteiger partial charge in [0.1, 0.15) is 5.76 Å². The molecule has 1 N–H and O–H groups in total. The van der Waals surface area contributed by atoms with E-state index in [2.05, 4.69) is 5.32 Å². The summed E-state index contributed by atoms with van der Waals surface area (Å²) in [4.78, 5) is 24.9. The standard InChI is InChI=1S/C22H30N2O4/c1-15-12-20(16(2)24(15)14-19-10-7-11-27-19)22(26)28-17(3)21(25)23-13-18-8-5-4-6-9-18/h7,10-12,17-18H,4-6,8-9,13-14H2,1-3H3,(H,23,25)/t17-/m1/s1. The molecule has 0 bridgehead atoms. The van der Waals surface area contributed by atoms with Gasteiger partial charge in [0.05, 0.1) is 18.4 Å². The molecule has 6 nitrogen and oxygen atoms in total. The Kier molecular flexibility index (Phi) is 6.60. The number of hydrogen-bond donors (Lipinski definition) is 1. The third-order valence-electron chi connectivity index (χ3n) is 5.63. The van der Waals surface area contributed by atoms with E-state index in [1.165, 1.54) is 19.3 Å². The molecular formula is C22H30N2O4. The molecule has 0 aromatic carbocycles. The van der Waals surface area contributed by atoms with E-state index in [4.69, 9.17) is 9.15 Å². The van der Waals surface area contributed by atoms with Gasteiger partial charge in [0, 0.05) is 17.9 Å². The highest BCUT2D eigenvalue weighted by Crippen LogP contribution is 2.23. The molecule has 0 unspecified atom stereocenters. The summed E-state index contributed by atoms with van der Waals surface area (Å²) in [7, 11) is 0. The molecule has 28 heavy (non-hydrogen) atoms. The predicted octanol–water partition coefficient (Wildman–Crippen LogP) is 3.99. The van der Waals surface area contributed by atoms with Crippen LogP contribution in [0.4, 0.5) is 0 Å². The monoisotopic (exact) mass is 386 g/mol. The number of carbonyl (C=O) groups is 2. The van der Waals surface area contributed by atoms with Gasteiger partial charge in [0.25, 0.3) is 5.91 Å². The maximum absolute atomic E-state index is 12.6. The van der Waals surface area contributed by atoms with E-state index in [0.29, 0.717) is 24.6 Å². The van der Waals surface area contributed by atoms with Crippen LogP contribution < -0.4 is 5.32 Å². The molecule has 0 radical (unpaired) electrons. The fourth-order valence-electron chi connectivity index (χ4n) is 3.87. The summed E-state index contributed by atoms with van der Waals surface area (Å²) < 4.78 is 12.8. The van der Waals surface area contributed by atoms with Gasteiger partial charge >= 0.3 is 5.97 Å². The summed E-state index contributed by atoms with van der Waals surface area (Å²) in [6.07, 6.45) is 6.90. The minimum atomic E-state index is -0.816. The molecule has 2 heterocycles. The number of carbonyl (C=O) groups excluding carboxylic acids is 2. The van der Waals surface area contributed by atoms with Crippen molar-refractivity contribution in [3.05, 3.63) is 47.2 Å². The van der Waals surface area contributed by atoms with Gasteiger partial charge in [-0.1, -0.05) is 19.3 Å². The van der Waals surface area contributed by atoms with E-state index in [9.17, 15) is 9.59 Å². The van der Waals surface area contributed by atoms with Crippen molar-refractivity contribution in [2.24, 2.45) is 5.92 Å². The van der Waals surface area contributed by atoms with Crippen LogP contribution in [0.5, 0.6) is 0 Å². The lowest BCUT2D eigenvalue weighted by atomic mass is 9.89. The first-order chi connectivity index (χ1) is 13.5. The fraction of sp³-hybridized carbons (Fsp3) is 0.545. The maximum Gasteiger partial charge on any atom is 0.340 e. The van der Waals surface area contributed by atoms with Crippen LogP contribution in [0.1, 0.15) is 66.5 Å². The highest BCUT2D eigenvalue weighted by atomic mass is 16.5. The van der Waals surface area contributed by atoms with Crippen LogP contribution in [0.2, 0.25) is 0 Å². The van der Waals surface area contributed by atoms with Crippen molar-refractivity contribution in [2.45, 2.75) is 65.5 Å². The quantitative estimate of drug-likeness (QED) is 0.730. The van der Waals surface area contributed by atoms with Crippen molar-refractivity contribution in [1.29, 1.82) is 0 Å². The van der Waals surface area contributed by atoms with Gasteiger partial charge in [-0.05, 0) is 57.7 Å². The topological polar surface area (TPSA) is 73.5 Å². The zero-order valence-electron chi connectivity index (χ0n) is 17.0. The Morgan fingerprint density at radius 3 is 2.71 bits per heavy atom. The van der Waals surface area contributed by atoms with Crippen molar-refractivity contribution < 1.29 is 18.7 Å². The molecule has 1 aliphatic carbocycles. The second-order valence-corrected chi connectivity index (χ2v) is 7.75. The Morgan fingerprint density at radius 1 is 1.29 bits per heavy atom. The number of esters is 1. The van der Waals surface area contributed by atoms with Crippen LogP contribution in [-0.4, -0.2) is 29.1 Å². The molecule has 1 aliphatic rings. The van der Waals surface area contributed by atoms with Gasteiger partial charge in [0.15, 0.2) is 6.10 Å². The lowest BCUT2D eigenvalue weighted by molar-refractivity contribution is -0.129. The molecule has 152 valence electrons.